The van der Waals surface area contributed by atoms with Crippen LogP contribution in [-0.4, -0.2) is 75.6 Å². The van der Waals surface area contributed by atoms with E-state index in [2.05, 4.69) is 32.6 Å². The van der Waals surface area contributed by atoms with Crippen LogP contribution in [0.2, 0.25) is 0 Å². The molecule has 0 fully saturated rings. The molecule has 54 heavy (non-hydrogen) atoms. The van der Waals surface area contributed by atoms with Crippen molar-refractivity contribution in [3.63, 3.8) is 0 Å². The van der Waals surface area contributed by atoms with Gasteiger partial charge in [0.2, 0.25) is 0 Å². The molecular weight excluding hydrogens is 675 g/mol. The summed E-state index contributed by atoms with van der Waals surface area (Å²) in [7, 11) is 0. The van der Waals surface area contributed by atoms with Gasteiger partial charge in [-0.2, -0.15) is 0 Å². The second kappa shape index (κ2) is 44.5. The van der Waals surface area contributed by atoms with Crippen molar-refractivity contribution in [2.24, 2.45) is 0 Å². The zero-order valence-electron chi connectivity index (χ0n) is 36.8. The zero-order chi connectivity index (χ0) is 39.4. The van der Waals surface area contributed by atoms with Gasteiger partial charge in [-0.3, -0.25) is 4.79 Å². The summed E-state index contributed by atoms with van der Waals surface area (Å²) in [5.41, 5.74) is 0. The van der Waals surface area contributed by atoms with Gasteiger partial charge in [0.15, 0.2) is 0 Å². The van der Waals surface area contributed by atoms with Gasteiger partial charge in [0, 0.05) is 26.2 Å². The highest BCUT2D eigenvalue weighted by Crippen LogP contribution is 2.17. The van der Waals surface area contributed by atoms with Gasteiger partial charge < -0.3 is 23.8 Å². The van der Waals surface area contributed by atoms with Crippen LogP contribution in [0.3, 0.4) is 0 Å². The van der Waals surface area contributed by atoms with Gasteiger partial charge in [-0.15, -0.1) is 0 Å². The maximum absolute atomic E-state index is 12.7. The number of hydrogen-bond acceptors (Lipinski definition) is 7. The second-order valence-electron chi connectivity index (χ2n) is 16.0. The lowest BCUT2D eigenvalue weighted by Gasteiger charge is -2.22. The maximum atomic E-state index is 12.7. The van der Waals surface area contributed by atoms with Crippen molar-refractivity contribution in [1.82, 2.24) is 4.90 Å². The molecule has 7 heteroatoms. The third-order valence-corrected chi connectivity index (χ3v) is 10.6. The molecule has 0 aromatic carbocycles. The van der Waals surface area contributed by atoms with Gasteiger partial charge in [0.25, 0.3) is 0 Å². The van der Waals surface area contributed by atoms with Crippen molar-refractivity contribution in [1.29, 1.82) is 0 Å². The lowest BCUT2D eigenvalue weighted by atomic mass is 10.0. The average Bonchev–Trinajstić information content (AvgIpc) is 3.17. The average molecular weight is 768 g/mol. The van der Waals surface area contributed by atoms with Crippen molar-refractivity contribution in [2.45, 2.75) is 239 Å². The third-order valence-electron chi connectivity index (χ3n) is 10.6. The summed E-state index contributed by atoms with van der Waals surface area (Å²) < 4.78 is 23.1. The van der Waals surface area contributed by atoms with Crippen LogP contribution in [-0.2, 0) is 28.5 Å². The highest BCUT2D eigenvalue weighted by atomic mass is 16.6. The number of hydrogen-bond donors (Lipinski definition) is 0. The molecule has 0 radical (unpaired) electrons. The maximum Gasteiger partial charge on any atom is 0.332 e. The van der Waals surface area contributed by atoms with Crippen LogP contribution < -0.4 is 0 Å². The van der Waals surface area contributed by atoms with E-state index in [1.807, 2.05) is 0 Å². The quantitative estimate of drug-likeness (QED) is 0.0451. The van der Waals surface area contributed by atoms with E-state index in [1.54, 1.807) is 0 Å². The number of rotatable bonds is 45. The molecule has 0 heterocycles. The minimum atomic E-state index is -0.196. The Bertz CT molecular complexity index is 749. The topological polar surface area (TPSA) is 74.3 Å². The molecule has 0 rings (SSSR count). The van der Waals surface area contributed by atoms with E-state index in [1.165, 1.54) is 116 Å². The Labute approximate surface area is 336 Å². The number of esters is 2. The fourth-order valence-electron chi connectivity index (χ4n) is 6.99. The van der Waals surface area contributed by atoms with Crippen LogP contribution in [0.25, 0.3) is 0 Å². The molecule has 0 bridgehead atoms. The predicted molar refractivity (Wildman–Crippen MR) is 229 cm³/mol. The lowest BCUT2D eigenvalue weighted by molar-refractivity contribution is -0.155. The molecule has 7 nitrogen and oxygen atoms in total. The molecular formula is C47H93NO6. The van der Waals surface area contributed by atoms with Crippen LogP contribution in [0.1, 0.15) is 233 Å². The van der Waals surface area contributed by atoms with E-state index in [0.717, 1.165) is 116 Å². The molecule has 0 saturated heterocycles. The number of unbranched alkanes of at least 4 members (excludes halogenated alkanes) is 23. The molecule has 0 aliphatic rings. The van der Waals surface area contributed by atoms with Gasteiger partial charge in [-0.1, -0.05) is 156 Å². The fraction of sp³-hybridized carbons (Fsp3) is 0.957. The minimum absolute atomic E-state index is 0.0348. The summed E-state index contributed by atoms with van der Waals surface area (Å²) in [5.74, 6) is -0.231. The molecule has 0 amide bonds. The van der Waals surface area contributed by atoms with Gasteiger partial charge in [-0.05, 0) is 83.7 Å². The van der Waals surface area contributed by atoms with Gasteiger partial charge in [-0.25, -0.2) is 4.79 Å². The number of ether oxygens (including phenoxy) is 4. The van der Waals surface area contributed by atoms with Crippen molar-refractivity contribution in [2.75, 3.05) is 52.7 Å². The first kappa shape index (κ1) is 52.8. The van der Waals surface area contributed by atoms with Crippen LogP contribution in [0.15, 0.2) is 0 Å². The highest BCUT2D eigenvalue weighted by molar-refractivity contribution is 5.70. The Balaban J connectivity index is 4.23. The van der Waals surface area contributed by atoms with E-state index in [4.69, 9.17) is 18.9 Å². The van der Waals surface area contributed by atoms with E-state index < -0.39 is 0 Å². The van der Waals surface area contributed by atoms with Crippen LogP contribution >= 0.6 is 0 Å². The first-order valence-electron chi connectivity index (χ1n) is 23.8. The third kappa shape index (κ3) is 40.5. The van der Waals surface area contributed by atoms with Gasteiger partial charge in [0.05, 0.1) is 13.2 Å². The van der Waals surface area contributed by atoms with Crippen LogP contribution in [0.5, 0.6) is 0 Å². The number of carbonyl (C=O) groups excluding carboxylic acids is 2. The molecule has 0 unspecified atom stereocenters. The molecule has 0 spiro atoms. The predicted octanol–water partition coefficient (Wildman–Crippen LogP) is 13.3. The number of nitrogens with zero attached hydrogens (tertiary/aromatic N) is 1. The van der Waals surface area contributed by atoms with Gasteiger partial charge >= 0.3 is 11.9 Å². The zero-order valence-corrected chi connectivity index (χ0v) is 36.8. The SMILES string of the molecule is CCCCCCCCCCCOC(=O)CCCCCN(CCCCCOCC(=O)OC(CCCCCCCC)CCCCCCCC)CCOCCCC. The molecule has 0 aliphatic heterocycles. The smallest absolute Gasteiger partial charge is 0.332 e. The largest absolute Gasteiger partial charge is 0.466 e. The summed E-state index contributed by atoms with van der Waals surface area (Å²) in [4.78, 5) is 27.4. The van der Waals surface area contributed by atoms with E-state index in [-0.39, 0.29) is 24.6 Å². The highest BCUT2D eigenvalue weighted by Gasteiger charge is 2.15. The van der Waals surface area contributed by atoms with E-state index in [0.29, 0.717) is 19.6 Å². The Morgan fingerprint density at radius 1 is 0.407 bits per heavy atom. The molecule has 0 aromatic heterocycles. The normalized spacial score (nSPS) is 11.6. The monoisotopic (exact) mass is 768 g/mol. The summed E-state index contributed by atoms with van der Waals surface area (Å²) in [5, 5.41) is 0. The Hall–Kier alpha value is -1.18. The molecule has 0 saturated carbocycles. The molecule has 0 N–H and O–H groups in total. The molecule has 322 valence electrons. The van der Waals surface area contributed by atoms with Crippen molar-refractivity contribution in [3.05, 3.63) is 0 Å². The number of carbonyl (C=O) groups is 2. The van der Waals surface area contributed by atoms with E-state index >= 15 is 0 Å². The van der Waals surface area contributed by atoms with Crippen molar-refractivity contribution < 1.29 is 28.5 Å². The fourth-order valence-corrected chi connectivity index (χ4v) is 6.99. The molecule has 0 aromatic rings. The Morgan fingerprint density at radius 3 is 1.41 bits per heavy atom. The van der Waals surface area contributed by atoms with Crippen molar-refractivity contribution in [3.8, 4) is 0 Å². The summed E-state index contributed by atoms with van der Waals surface area (Å²) in [6, 6.07) is 0. The minimum Gasteiger partial charge on any atom is -0.466 e. The first-order chi connectivity index (χ1) is 26.6. The molecule has 0 aliphatic carbocycles. The standard InChI is InChI=1S/C47H93NO6/c1-5-9-13-16-19-20-21-24-33-42-53-46(49)36-29-25-30-37-48(39-43-51-40-12-8-4)38-31-26-32-41-52-44-47(50)54-45(34-27-22-17-14-10-6-2)35-28-23-18-15-11-7-3/h45H,5-44H2,1-4H3. The summed E-state index contributed by atoms with van der Waals surface area (Å²) in [6.07, 6.45) is 37.6. The second-order valence-corrected chi connectivity index (χ2v) is 16.0. The van der Waals surface area contributed by atoms with Crippen LogP contribution in [0.4, 0.5) is 0 Å². The Kier molecular flexibility index (Phi) is 43.6. The molecule has 0 atom stereocenters. The van der Waals surface area contributed by atoms with Crippen molar-refractivity contribution >= 4 is 11.9 Å². The lowest BCUT2D eigenvalue weighted by Crippen LogP contribution is -2.30. The van der Waals surface area contributed by atoms with E-state index in [9.17, 15) is 9.59 Å². The first-order valence-corrected chi connectivity index (χ1v) is 23.8. The van der Waals surface area contributed by atoms with Gasteiger partial charge in [0.1, 0.15) is 12.7 Å². The van der Waals surface area contributed by atoms with Crippen LogP contribution in [0, 0.1) is 0 Å². The summed E-state index contributed by atoms with van der Waals surface area (Å²) >= 11 is 0. The Morgan fingerprint density at radius 2 is 0.852 bits per heavy atom. The summed E-state index contributed by atoms with van der Waals surface area (Å²) in [6.45, 7) is 14.8.